The van der Waals surface area contributed by atoms with Gasteiger partial charge in [0.05, 0.1) is 12.3 Å². The second-order valence-electron chi connectivity index (χ2n) is 4.31. The maximum Gasteiger partial charge on any atom is 0.129 e. The van der Waals surface area contributed by atoms with Gasteiger partial charge >= 0.3 is 0 Å². The molecule has 0 saturated carbocycles. The smallest absolute Gasteiger partial charge is 0.129 e. The topological polar surface area (TPSA) is 47.0 Å². The van der Waals surface area contributed by atoms with E-state index in [1.165, 1.54) is 5.56 Å². The maximum atomic E-state index is 5.61. The van der Waals surface area contributed by atoms with Crippen molar-refractivity contribution in [2.24, 2.45) is 0 Å². The Hall–Kier alpha value is -2.10. The molecule has 0 radical (unpaired) electrons. The van der Waals surface area contributed by atoms with Crippen LogP contribution < -0.4 is 10.1 Å². The van der Waals surface area contributed by atoms with Gasteiger partial charge in [-0.1, -0.05) is 0 Å². The van der Waals surface area contributed by atoms with Gasteiger partial charge in [0.1, 0.15) is 17.9 Å². The Bertz CT molecular complexity index is 569. The standard InChI is InChI=1S/C14H15N3O/c1-15-14-8-12(16-9-17-14)10-4-5-13-11(7-10)3-2-6-18-13/h4-5,7-9H,2-3,6H2,1H3,(H,15,16,17). The van der Waals surface area contributed by atoms with Gasteiger partial charge in [-0.3, -0.25) is 0 Å². The first-order chi connectivity index (χ1) is 8.86. The summed E-state index contributed by atoms with van der Waals surface area (Å²) >= 11 is 0. The number of aryl methyl sites for hydroxylation is 1. The van der Waals surface area contributed by atoms with E-state index in [-0.39, 0.29) is 0 Å². The molecular formula is C14H15N3O. The second kappa shape index (κ2) is 4.64. The van der Waals surface area contributed by atoms with E-state index in [0.29, 0.717) is 0 Å². The highest BCUT2D eigenvalue weighted by Crippen LogP contribution is 2.29. The monoisotopic (exact) mass is 241 g/mol. The zero-order valence-electron chi connectivity index (χ0n) is 10.3. The highest BCUT2D eigenvalue weighted by atomic mass is 16.5. The third kappa shape index (κ3) is 2.01. The quantitative estimate of drug-likeness (QED) is 0.877. The predicted molar refractivity (Wildman–Crippen MR) is 70.8 cm³/mol. The second-order valence-corrected chi connectivity index (χ2v) is 4.31. The Morgan fingerprint density at radius 3 is 3.06 bits per heavy atom. The molecule has 0 unspecified atom stereocenters. The first kappa shape index (κ1) is 11.0. The summed E-state index contributed by atoms with van der Waals surface area (Å²) in [4.78, 5) is 8.44. The maximum absolute atomic E-state index is 5.61. The van der Waals surface area contributed by atoms with Crippen LogP contribution in [0.5, 0.6) is 5.75 Å². The number of anilines is 1. The molecule has 92 valence electrons. The van der Waals surface area contributed by atoms with Crippen molar-refractivity contribution in [2.45, 2.75) is 12.8 Å². The third-order valence-corrected chi connectivity index (χ3v) is 3.13. The highest BCUT2D eigenvalue weighted by Gasteiger charge is 2.11. The molecule has 0 bridgehead atoms. The lowest BCUT2D eigenvalue weighted by atomic mass is 10.0. The van der Waals surface area contributed by atoms with Crippen molar-refractivity contribution < 1.29 is 4.74 Å². The zero-order valence-corrected chi connectivity index (χ0v) is 10.3. The van der Waals surface area contributed by atoms with Crippen molar-refractivity contribution >= 4 is 5.82 Å². The van der Waals surface area contributed by atoms with Gasteiger partial charge in [-0.15, -0.1) is 0 Å². The van der Waals surface area contributed by atoms with Crippen molar-refractivity contribution in [3.63, 3.8) is 0 Å². The first-order valence-corrected chi connectivity index (χ1v) is 6.13. The molecule has 0 aliphatic carbocycles. The molecule has 2 aromatic rings. The molecule has 1 aromatic heterocycles. The van der Waals surface area contributed by atoms with Crippen molar-refractivity contribution in [2.75, 3.05) is 19.0 Å². The molecule has 1 N–H and O–H groups in total. The average molecular weight is 241 g/mol. The lowest BCUT2D eigenvalue weighted by molar-refractivity contribution is 0.288. The summed E-state index contributed by atoms with van der Waals surface area (Å²) in [5.74, 6) is 1.84. The molecule has 1 aliphatic heterocycles. The number of hydrogen-bond acceptors (Lipinski definition) is 4. The van der Waals surface area contributed by atoms with Crippen LogP contribution in [0, 0.1) is 0 Å². The summed E-state index contributed by atoms with van der Waals surface area (Å²) in [5.41, 5.74) is 3.31. The van der Waals surface area contributed by atoms with Gasteiger partial charge in [0, 0.05) is 18.7 Å². The Labute approximate surface area is 106 Å². The van der Waals surface area contributed by atoms with Gasteiger partial charge in [-0.05, 0) is 36.6 Å². The van der Waals surface area contributed by atoms with E-state index >= 15 is 0 Å². The minimum absolute atomic E-state index is 0.823. The molecule has 1 aromatic carbocycles. The summed E-state index contributed by atoms with van der Waals surface area (Å²) in [6.07, 6.45) is 3.74. The van der Waals surface area contributed by atoms with Crippen molar-refractivity contribution in [3.8, 4) is 17.0 Å². The molecule has 0 amide bonds. The van der Waals surface area contributed by atoms with Gasteiger partial charge in [-0.2, -0.15) is 0 Å². The SMILES string of the molecule is CNc1cc(-c2ccc3c(c2)CCCO3)ncn1. The molecule has 0 fully saturated rings. The van der Waals surface area contributed by atoms with E-state index in [4.69, 9.17) is 4.74 Å². The van der Waals surface area contributed by atoms with Crippen LogP contribution in [0.2, 0.25) is 0 Å². The number of benzene rings is 1. The van der Waals surface area contributed by atoms with Crippen LogP contribution in [0.25, 0.3) is 11.3 Å². The van der Waals surface area contributed by atoms with Crippen LogP contribution in [0.4, 0.5) is 5.82 Å². The summed E-state index contributed by atoms with van der Waals surface area (Å²) in [5, 5.41) is 3.02. The molecule has 18 heavy (non-hydrogen) atoms. The van der Waals surface area contributed by atoms with Crippen LogP contribution in [-0.4, -0.2) is 23.6 Å². The fourth-order valence-electron chi connectivity index (χ4n) is 2.17. The number of rotatable bonds is 2. The lowest BCUT2D eigenvalue weighted by Gasteiger charge is -2.17. The minimum atomic E-state index is 0.823. The molecule has 3 rings (SSSR count). The summed E-state index contributed by atoms with van der Waals surface area (Å²) in [7, 11) is 1.85. The minimum Gasteiger partial charge on any atom is -0.493 e. The molecule has 0 spiro atoms. The van der Waals surface area contributed by atoms with Crippen molar-refractivity contribution in [1.29, 1.82) is 0 Å². The van der Waals surface area contributed by atoms with Crippen LogP contribution in [0.1, 0.15) is 12.0 Å². The third-order valence-electron chi connectivity index (χ3n) is 3.13. The first-order valence-electron chi connectivity index (χ1n) is 6.13. The van der Waals surface area contributed by atoms with Gasteiger partial charge in [0.15, 0.2) is 0 Å². The van der Waals surface area contributed by atoms with E-state index in [0.717, 1.165) is 42.3 Å². The van der Waals surface area contributed by atoms with E-state index in [2.05, 4.69) is 21.4 Å². The molecule has 1 aliphatic rings. The fourth-order valence-corrected chi connectivity index (χ4v) is 2.17. The summed E-state index contributed by atoms with van der Waals surface area (Å²) in [6, 6.07) is 8.19. The average Bonchev–Trinajstić information content (AvgIpc) is 2.47. The molecule has 0 atom stereocenters. The van der Waals surface area contributed by atoms with E-state index in [9.17, 15) is 0 Å². The summed E-state index contributed by atoms with van der Waals surface area (Å²) in [6.45, 7) is 0.823. The number of aromatic nitrogens is 2. The van der Waals surface area contributed by atoms with Gasteiger partial charge in [0.25, 0.3) is 0 Å². The van der Waals surface area contributed by atoms with Gasteiger partial charge in [0.2, 0.25) is 0 Å². The predicted octanol–water partition coefficient (Wildman–Crippen LogP) is 2.51. The van der Waals surface area contributed by atoms with Crippen LogP contribution >= 0.6 is 0 Å². The summed E-state index contributed by atoms with van der Waals surface area (Å²) < 4.78 is 5.61. The fraction of sp³-hybridized carbons (Fsp3) is 0.286. The van der Waals surface area contributed by atoms with Crippen molar-refractivity contribution in [1.82, 2.24) is 9.97 Å². The number of fused-ring (bicyclic) bond motifs is 1. The molecule has 0 saturated heterocycles. The number of ether oxygens (including phenoxy) is 1. The van der Waals surface area contributed by atoms with Gasteiger partial charge in [-0.25, -0.2) is 9.97 Å². The van der Waals surface area contributed by atoms with Crippen molar-refractivity contribution in [3.05, 3.63) is 36.2 Å². The Morgan fingerprint density at radius 2 is 2.17 bits per heavy atom. The molecule has 4 nitrogen and oxygen atoms in total. The Balaban J connectivity index is 2.00. The zero-order chi connectivity index (χ0) is 12.4. The van der Waals surface area contributed by atoms with Gasteiger partial charge < -0.3 is 10.1 Å². The Kier molecular flexibility index (Phi) is 2.84. The number of nitrogens with one attached hydrogen (secondary N) is 1. The van der Waals surface area contributed by atoms with Crippen LogP contribution in [-0.2, 0) is 6.42 Å². The molecular weight excluding hydrogens is 226 g/mol. The molecule has 2 heterocycles. The van der Waals surface area contributed by atoms with Crippen LogP contribution in [0.15, 0.2) is 30.6 Å². The van der Waals surface area contributed by atoms with E-state index in [1.807, 2.05) is 25.2 Å². The number of nitrogens with zero attached hydrogens (tertiary/aromatic N) is 2. The normalized spacial score (nSPS) is 13.6. The molecule has 4 heteroatoms. The Morgan fingerprint density at radius 1 is 1.22 bits per heavy atom. The highest BCUT2D eigenvalue weighted by molar-refractivity contribution is 5.64. The number of hydrogen-bond donors (Lipinski definition) is 1. The largest absolute Gasteiger partial charge is 0.493 e. The van der Waals surface area contributed by atoms with E-state index in [1.54, 1.807) is 6.33 Å². The lowest BCUT2D eigenvalue weighted by Crippen LogP contribution is -2.08. The van der Waals surface area contributed by atoms with E-state index < -0.39 is 0 Å². The van der Waals surface area contributed by atoms with Crippen LogP contribution in [0.3, 0.4) is 0 Å².